The molecule has 0 bridgehead atoms. The quantitative estimate of drug-likeness (QED) is 0.891. The first kappa shape index (κ1) is 13.5. The molecule has 19 heavy (non-hydrogen) atoms. The monoisotopic (exact) mass is 257 g/mol. The predicted octanol–water partition coefficient (Wildman–Crippen LogP) is 2.17. The summed E-state index contributed by atoms with van der Waals surface area (Å²) < 4.78 is 5.83. The van der Waals surface area contributed by atoms with Crippen LogP contribution in [-0.2, 0) is 13.0 Å². The lowest BCUT2D eigenvalue weighted by Gasteiger charge is -2.11. The lowest BCUT2D eigenvalue weighted by molar-refractivity contribution is 0.300. The summed E-state index contributed by atoms with van der Waals surface area (Å²) in [6, 6.07) is 5.97. The van der Waals surface area contributed by atoms with Crippen LogP contribution in [0.2, 0.25) is 0 Å². The van der Waals surface area contributed by atoms with Gasteiger partial charge in [-0.25, -0.2) is 0 Å². The molecule has 0 amide bonds. The number of ether oxygens (including phenoxy) is 1. The highest BCUT2D eigenvalue weighted by Gasteiger charge is 2.06. The number of aromatic nitrogens is 2. The number of nitrogens with zero attached hydrogens (tertiary/aromatic N) is 2. The van der Waals surface area contributed by atoms with Crippen LogP contribution < -0.4 is 10.5 Å². The van der Waals surface area contributed by atoms with Gasteiger partial charge in [-0.1, -0.05) is 0 Å². The van der Waals surface area contributed by atoms with Crippen LogP contribution in [-0.4, -0.2) is 16.5 Å². The number of pyridine rings is 2. The maximum absolute atomic E-state index is 5.83. The highest BCUT2D eigenvalue weighted by Crippen LogP contribution is 2.18. The summed E-state index contributed by atoms with van der Waals surface area (Å²) in [4.78, 5) is 8.63. The van der Waals surface area contributed by atoms with Crippen molar-refractivity contribution in [2.45, 2.75) is 26.9 Å². The van der Waals surface area contributed by atoms with Crippen molar-refractivity contribution in [3.63, 3.8) is 0 Å². The van der Waals surface area contributed by atoms with Gasteiger partial charge in [0.05, 0.1) is 5.69 Å². The van der Waals surface area contributed by atoms with Crippen LogP contribution in [0.3, 0.4) is 0 Å². The molecule has 0 atom stereocenters. The first-order chi connectivity index (χ1) is 9.19. The minimum absolute atomic E-state index is 0.497. The van der Waals surface area contributed by atoms with E-state index < -0.39 is 0 Å². The maximum atomic E-state index is 5.83. The van der Waals surface area contributed by atoms with E-state index in [9.17, 15) is 0 Å². The van der Waals surface area contributed by atoms with Crippen molar-refractivity contribution in [3.05, 3.63) is 53.1 Å². The van der Waals surface area contributed by atoms with Gasteiger partial charge in [-0.3, -0.25) is 9.97 Å². The molecule has 0 aliphatic rings. The Morgan fingerprint density at radius 1 is 1.21 bits per heavy atom. The van der Waals surface area contributed by atoms with E-state index in [0.717, 1.165) is 34.7 Å². The summed E-state index contributed by atoms with van der Waals surface area (Å²) >= 11 is 0. The van der Waals surface area contributed by atoms with Crippen LogP contribution in [0.25, 0.3) is 0 Å². The first-order valence-electron chi connectivity index (χ1n) is 6.39. The fourth-order valence-corrected chi connectivity index (χ4v) is 1.90. The van der Waals surface area contributed by atoms with Crippen molar-refractivity contribution < 1.29 is 4.74 Å². The summed E-state index contributed by atoms with van der Waals surface area (Å²) in [5.41, 5.74) is 9.69. The van der Waals surface area contributed by atoms with Gasteiger partial charge in [0.15, 0.2) is 0 Å². The fourth-order valence-electron chi connectivity index (χ4n) is 1.90. The van der Waals surface area contributed by atoms with Crippen molar-refractivity contribution in [1.29, 1.82) is 0 Å². The molecular weight excluding hydrogens is 238 g/mol. The second-order valence-electron chi connectivity index (χ2n) is 4.60. The summed E-state index contributed by atoms with van der Waals surface area (Å²) in [6.07, 6.45) is 4.37. The molecule has 2 N–H and O–H groups in total. The topological polar surface area (TPSA) is 61.0 Å². The SMILES string of the molecule is Cc1cncc(COc2ccc(C)nc2CCN)c1. The van der Waals surface area contributed by atoms with Gasteiger partial charge in [0, 0.05) is 30.1 Å². The van der Waals surface area contributed by atoms with Crippen molar-refractivity contribution in [2.75, 3.05) is 6.54 Å². The van der Waals surface area contributed by atoms with Gasteiger partial charge < -0.3 is 10.5 Å². The number of rotatable bonds is 5. The fraction of sp³-hybridized carbons (Fsp3) is 0.333. The van der Waals surface area contributed by atoms with Crippen molar-refractivity contribution in [1.82, 2.24) is 9.97 Å². The van der Waals surface area contributed by atoms with E-state index in [-0.39, 0.29) is 0 Å². The smallest absolute Gasteiger partial charge is 0.141 e. The molecule has 0 aromatic carbocycles. The van der Waals surface area contributed by atoms with Crippen LogP contribution in [0.15, 0.2) is 30.6 Å². The van der Waals surface area contributed by atoms with E-state index in [1.54, 1.807) is 0 Å². The van der Waals surface area contributed by atoms with Crippen LogP contribution in [0.4, 0.5) is 0 Å². The molecule has 0 fully saturated rings. The molecule has 0 spiro atoms. The third-order valence-electron chi connectivity index (χ3n) is 2.78. The third-order valence-corrected chi connectivity index (χ3v) is 2.78. The maximum Gasteiger partial charge on any atom is 0.141 e. The Morgan fingerprint density at radius 3 is 2.79 bits per heavy atom. The second kappa shape index (κ2) is 6.29. The lowest BCUT2D eigenvalue weighted by Crippen LogP contribution is -2.08. The number of hydrogen-bond acceptors (Lipinski definition) is 4. The average Bonchev–Trinajstić information content (AvgIpc) is 2.38. The molecule has 2 aromatic rings. The number of hydrogen-bond donors (Lipinski definition) is 1. The molecule has 0 aliphatic heterocycles. The van der Waals surface area contributed by atoms with E-state index in [0.29, 0.717) is 13.2 Å². The van der Waals surface area contributed by atoms with Crippen molar-refractivity contribution >= 4 is 0 Å². The van der Waals surface area contributed by atoms with Gasteiger partial charge in [-0.2, -0.15) is 0 Å². The summed E-state index contributed by atoms with van der Waals surface area (Å²) in [6.45, 7) is 5.05. The summed E-state index contributed by atoms with van der Waals surface area (Å²) in [5.74, 6) is 0.803. The van der Waals surface area contributed by atoms with Gasteiger partial charge in [0.2, 0.25) is 0 Å². The molecule has 0 saturated heterocycles. The predicted molar refractivity (Wildman–Crippen MR) is 75.0 cm³/mol. The highest BCUT2D eigenvalue weighted by atomic mass is 16.5. The number of aryl methyl sites for hydroxylation is 2. The lowest BCUT2D eigenvalue weighted by atomic mass is 10.2. The van der Waals surface area contributed by atoms with Crippen LogP contribution >= 0.6 is 0 Å². The molecular formula is C15H19N3O. The molecule has 0 unspecified atom stereocenters. The average molecular weight is 257 g/mol. The number of nitrogens with two attached hydrogens (primary N) is 1. The van der Waals surface area contributed by atoms with E-state index in [1.165, 1.54) is 0 Å². The molecule has 2 heterocycles. The van der Waals surface area contributed by atoms with Crippen molar-refractivity contribution in [3.8, 4) is 5.75 Å². The Kier molecular flexibility index (Phi) is 4.47. The zero-order valence-electron chi connectivity index (χ0n) is 11.4. The minimum atomic E-state index is 0.497. The molecule has 2 aromatic heterocycles. The zero-order valence-corrected chi connectivity index (χ0v) is 11.4. The molecule has 100 valence electrons. The summed E-state index contributed by atoms with van der Waals surface area (Å²) in [7, 11) is 0. The van der Waals surface area contributed by atoms with E-state index in [2.05, 4.69) is 16.0 Å². The van der Waals surface area contributed by atoms with Gasteiger partial charge in [-0.05, 0) is 44.2 Å². The zero-order chi connectivity index (χ0) is 13.7. The van der Waals surface area contributed by atoms with Crippen molar-refractivity contribution in [2.24, 2.45) is 5.73 Å². The normalized spacial score (nSPS) is 10.5. The van der Waals surface area contributed by atoms with Gasteiger partial charge >= 0.3 is 0 Å². The second-order valence-corrected chi connectivity index (χ2v) is 4.60. The molecule has 0 saturated carbocycles. The van der Waals surface area contributed by atoms with E-state index in [1.807, 2.05) is 38.4 Å². The Labute approximate surface area is 113 Å². The van der Waals surface area contributed by atoms with E-state index in [4.69, 9.17) is 10.5 Å². The minimum Gasteiger partial charge on any atom is -0.487 e. The molecule has 4 heteroatoms. The first-order valence-corrected chi connectivity index (χ1v) is 6.39. The molecule has 2 rings (SSSR count). The molecule has 0 radical (unpaired) electrons. The standard InChI is InChI=1S/C15H19N3O/c1-11-7-13(9-17-8-11)10-19-15-4-3-12(2)18-14(15)5-6-16/h3-4,7-9H,5-6,10,16H2,1-2H3. The summed E-state index contributed by atoms with van der Waals surface area (Å²) in [5, 5.41) is 0. The Bertz CT molecular complexity index is 555. The van der Waals surface area contributed by atoms with Crippen LogP contribution in [0.1, 0.15) is 22.5 Å². The molecule has 0 aliphatic carbocycles. The van der Waals surface area contributed by atoms with Gasteiger partial charge in [-0.15, -0.1) is 0 Å². The van der Waals surface area contributed by atoms with Crippen LogP contribution in [0.5, 0.6) is 5.75 Å². The Balaban J connectivity index is 2.10. The van der Waals surface area contributed by atoms with Gasteiger partial charge in [0.25, 0.3) is 0 Å². The Hall–Kier alpha value is -1.94. The third kappa shape index (κ3) is 3.76. The largest absolute Gasteiger partial charge is 0.487 e. The molecule has 4 nitrogen and oxygen atoms in total. The van der Waals surface area contributed by atoms with E-state index >= 15 is 0 Å². The highest BCUT2D eigenvalue weighted by molar-refractivity contribution is 5.30. The van der Waals surface area contributed by atoms with Crippen LogP contribution in [0, 0.1) is 13.8 Å². The Morgan fingerprint density at radius 2 is 2.05 bits per heavy atom. The van der Waals surface area contributed by atoms with Gasteiger partial charge in [0.1, 0.15) is 12.4 Å².